The summed E-state index contributed by atoms with van der Waals surface area (Å²) in [5.74, 6) is 0.0976. The van der Waals surface area contributed by atoms with E-state index in [1.165, 1.54) is 0 Å². The molecule has 0 aromatic heterocycles. The third kappa shape index (κ3) is 16.2. The quantitative estimate of drug-likeness (QED) is 0.418. The molecule has 0 rings (SSSR count). The zero-order valence-corrected chi connectivity index (χ0v) is 13.0. The summed E-state index contributed by atoms with van der Waals surface area (Å²) < 4.78 is 46.7. The van der Waals surface area contributed by atoms with Crippen molar-refractivity contribution in [2.75, 3.05) is 38.9 Å². The molecule has 1 N–H and O–H groups in total. The summed E-state index contributed by atoms with van der Waals surface area (Å²) in [4.78, 5) is 0. The Morgan fingerprint density at radius 1 is 1.10 bits per heavy atom. The van der Waals surface area contributed by atoms with Crippen molar-refractivity contribution < 1.29 is 27.8 Å². The van der Waals surface area contributed by atoms with Crippen molar-refractivity contribution in [2.24, 2.45) is 5.92 Å². The number of rotatable bonds is 13. The first kappa shape index (κ1) is 20.1. The molecule has 0 aromatic carbocycles. The van der Waals surface area contributed by atoms with E-state index in [0.717, 1.165) is 12.6 Å². The number of hydrogen-bond acceptors (Lipinski definition) is 3. The van der Waals surface area contributed by atoms with Gasteiger partial charge in [-0.05, 0) is 31.3 Å². The van der Waals surface area contributed by atoms with E-state index in [1.807, 2.05) is 6.92 Å². The lowest BCUT2D eigenvalue weighted by molar-refractivity contribution is -0.137. The minimum absolute atomic E-state index is 0.0976. The number of hydrogen-bond donors (Lipinski definition) is 1. The van der Waals surface area contributed by atoms with Crippen LogP contribution in [-0.2, 0) is 9.47 Å². The smallest absolute Gasteiger partial charge is 0.389 e. The van der Waals surface area contributed by atoms with Crippen LogP contribution < -0.4 is 0 Å². The highest BCUT2D eigenvalue weighted by molar-refractivity contribution is 7.37. The maximum absolute atomic E-state index is 12.0. The van der Waals surface area contributed by atoms with E-state index in [1.54, 1.807) is 0 Å². The van der Waals surface area contributed by atoms with Gasteiger partial charge < -0.3 is 14.6 Å². The highest BCUT2D eigenvalue weighted by Gasteiger charge is 2.27. The van der Waals surface area contributed by atoms with Crippen LogP contribution in [0.3, 0.4) is 0 Å². The van der Waals surface area contributed by atoms with Crippen LogP contribution in [0.15, 0.2) is 0 Å². The Kier molecular flexibility index (Phi) is 12.9. The fourth-order valence-electron chi connectivity index (χ4n) is 1.49. The standard InChI is InChI=1S/C13H26F3O3P/c1-12(4-5-13(14,15)16)10-20-11-19-9-3-8-18-7-2-6-17/h12,17,20H,2-11H2,1H3. The summed E-state index contributed by atoms with van der Waals surface area (Å²) in [6.45, 7) is 3.79. The average molecular weight is 318 g/mol. The molecule has 0 aliphatic rings. The van der Waals surface area contributed by atoms with Crippen LogP contribution in [0, 0.1) is 5.92 Å². The Morgan fingerprint density at radius 3 is 2.40 bits per heavy atom. The molecule has 2 unspecified atom stereocenters. The van der Waals surface area contributed by atoms with Crippen molar-refractivity contribution in [3.05, 3.63) is 0 Å². The number of ether oxygens (including phenoxy) is 2. The summed E-state index contributed by atoms with van der Waals surface area (Å²) in [5, 5.41) is 8.53. The number of alkyl halides is 3. The maximum Gasteiger partial charge on any atom is 0.389 e. The second kappa shape index (κ2) is 12.8. The minimum atomic E-state index is -4.04. The lowest BCUT2D eigenvalue weighted by Crippen LogP contribution is -2.10. The van der Waals surface area contributed by atoms with Crippen molar-refractivity contribution in [3.8, 4) is 0 Å². The largest absolute Gasteiger partial charge is 0.396 e. The zero-order valence-electron chi connectivity index (χ0n) is 12.0. The van der Waals surface area contributed by atoms with Gasteiger partial charge in [0, 0.05) is 32.8 Å². The Bertz CT molecular complexity index is 216. The molecule has 0 fully saturated rings. The van der Waals surface area contributed by atoms with Crippen LogP contribution in [0.4, 0.5) is 13.2 Å². The van der Waals surface area contributed by atoms with Gasteiger partial charge in [0.05, 0.1) is 6.35 Å². The third-order valence-corrected chi connectivity index (χ3v) is 4.04. The third-order valence-electron chi connectivity index (χ3n) is 2.64. The molecule has 7 heteroatoms. The highest BCUT2D eigenvalue weighted by atomic mass is 31.1. The van der Waals surface area contributed by atoms with Gasteiger partial charge in [0.15, 0.2) is 0 Å². The Balaban J connectivity index is 3.19. The van der Waals surface area contributed by atoms with Gasteiger partial charge in [-0.3, -0.25) is 0 Å². The fourth-order valence-corrected chi connectivity index (χ4v) is 2.60. The predicted octanol–water partition coefficient (Wildman–Crippen LogP) is 3.41. The zero-order chi connectivity index (χ0) is 15.3. The van der Waals surface area contributed by atoms with Crippen molar-refractivity contribution in [3.63, 3.8) is 0 Å². The molecule has 0 saturated carbocycles. The van der Waals surface area contributed by atoms with E-state index in [9.17, 15) is 13.2 Å². The summed E-state index contributed by atoms with van der Waals surface area (Å²) in [6.07, 6.45) is -1.66. The fraction of sp³-hybridized carbons (Fsp3) is 1.00. The van der Waals surface area contributed by atoms with Gasteiger partial charge >= 0.3 is 6.18 Å². The van der Waals surface area contributed by atoms with Crippen LogP contribution in [0.1, 0.15) is 32.6 Å². The Hall–Kier alpha value is 0.1000. The highest BCUT2D eigenvalue weighted by Crippen LogP contribution is 2.26. The normalized spacial score (nSPS) is 14.2. The Labute approximate surface area is 121 Å². The molecule has 122 valence electrons. The van der Waals surface area contributed by atoms with Crippen molar-refractivity contribution >= 4 is 8.58 Å². The van der Waals surface area contributed by atoms with Crippen LogP contribution in [0.25, 0.3) is 0 Å². The SMILES string of the molecule is CC(CCC(F)(F)F)CPCOCCCOCCCO. The molecule has 0 heterocycles. The van der Waals surface area contributed by atoms with Crippen molar-refractivity contribution in [1.29, 1.82) is 0 Å². The van der Waals surface area contributed by atoms with Crippen molar-refractivity contribution in [1.82, 2.24) is 0 Å². The van der Waals surface area contributed by atoms with Crippen LogP contribution in [0.5, 0.6) is 0 Å². The van der Waals surface area contributed by atoms with Gasteiger partial charge in [0.25, 0.3) is 0 Å². The summed E-state index contributed by atoms with van der Waals surface area (Å²) >= 11 is 0. The second-order valence-corrected chi connectivity index (χ2v) is 6.01. The van der Waals surface area contributed by atoms with Crippen molar-refractivity contribution in [2.45, 2.75) is 38.8 Å². The summed E-state index contributed by atoms with van der Waals surface area (Å²) in [7, 11) is 0.555. The molecule has 20 heavy (non-hydrogen) atoms. The van der Waals surface area contributed by atoms with E-state index in [2.05, 4.69) is 0 Å². The number of aliphatic hydroxyl groups is 1. The Morgan fingerprint density at radius 2 is 1.75 bits per heavy atom. The number of halogens is 3. The predicted molar refractivity (Wildman–Crippen MR) is 75.6 cm³/mol. The lowest BCUT2D eigenvalue weighted by atomic mass is 10.1. The van der Waals surface area contributed by atoms with Gasteiger partial charge in [-0.25, -0.2) is 0 Å². The monoisotopic (exact) mass is 318 g/mol. The molecule has 0 aliphatic carbocycles. The van der Waals surface area contributed by atoms with Gasteiger partial charge in [0.2, 0.25) is 0 Å². The first-order valence-electron chi connectivity index (χ1n) is 6.99. The second-order valence-electron chi connectivity index (χ2n) is 4.81. The summed E-state index contributed by atoms with van der Waals surface area (Å²) in [5.41, 5.74) is 0. The van der Waals surface area contributed by atoms with Gasteiger partial charge in [-0.15, -0.1) is 0 Å². The van der Waals surface area contributed by atoms with E-state index < -0.39 is 12.6 Å². The molecule has 0 amide bonds. The molecule has 0 radical (unpaired) electrons. The average Bonchev–Trinajstić information content (AvgIpc) is 2.38. The maximum atomic E-state index is 12.0. The molecule has 3 nitrogen and oxygen atoms in total. The van der Waals surface area contributed by atoms with Gasteiger partial charge in [-0.2, -0.15) is 13.2 Å². The molecule has 0 saturated heterocycles. The minimum Gasteiger partial charge on any atom is -0.396 e. The van der Waals surface area contributed by atoms with E-state index in [4.69, 9.17) is 14.6 Å². The number of aliphatic hydroxyl groups excluding tert-OH is 1. The molecule has 0 aliphatic heterocycles. The lowest BCUT2D eigenvalue weighted by Gasteiger charge is -2.13. The first-order valence-corrected chi connectivity index (χ1v) is 8.41. The van der Waals surface area contributed by atoms with Crippen LogP contribution >= 0.6 is 8.58 Å². The molecule has 0 spiro atoms. The van der Waals surface area contributed by atoms with Gasteiger partial charge in [0.1, 0.15) is 0 Å². The van der Waals surface area contributed by atoms with E-state index in [0.29, 0.717) is 41.2 Å². The van der Waals surface area contributed by atoms with E-state index in [-0.39, 0.29) is 18.9 Å². The molecule has 0 aromatic rings. The first-order chi connectivity index (χ1) is 9.45. The van der Waals surface area contributed by atoms with Crippen LogP contribution in [0.2, 0.25) is 0 Å². The van der Waals surface area contributed by atoms with Gasteiger partial charge in [-0.1, -0.05) is 15.5 Å². The van der Waals surface area contributed by atoms with E-state index >= 15 is 0 Å². The topological polar surface area (TPSA) is 38.7 Å². The molecule has 0 bridgehead atoms. The molecule has 2 atom stereocenters. The summed E-state index contributed by atoms with van der Waals surface area (Å²) in [6, 6.07) is 0. The molecular weight excluding hydrogens is 292 g/mol. The molecular formula is C13H26F3O3P. The van der Waals surface area contributed by atoms with Crippen LogP contribution in [-0.4, -0.2) is 50.2 Å².